The summed E-state index contributed by atoms with van der Waals surface area (Å²) in [5.74, 6) is 1.04. The molecule has 0 saturated carbocycles. The van der Waals surface area contributed by atoms with Crippen LogP contribution in [-0.4, -0.2) is 66.2 Å². The number of fused-ring (bicyclic) bond motifs is 6. The summed E-state index contributed by atoms with van der Waals surface area (Å²) in [5, 5.41) is 13.0. The highest BCUT2D eigenvalue weighted by Crippen LogP contribution is 2.59. The Morgan fingerprint density at radius 1 is 0.952 bits per heavy atom. The molecule has 2 aliphatic heterocycles. The lowest BCUT2D eigenvalue weighted by atomic mass is 9.73. The number of hydrazone groups is 1. The molecule has 0 radical (unpaired) electrons. The predicted molar refractivity (Wildman–Crippen MR) is 167 cm³/mol. The number of hydrogen-bond donors (Lipinski definition) is 5. The molecule has 1 spiro atoms. The van der Waals surface area contributed by atoms with Gasteiger partial charge in [-0.25, -0.2) is 5.01 Å². The Balaban J connectivity index is 1.70. The van der Waals surface area contributed by atoms with Gasteiger partial charge in [-0.15, -0.1) is 0 Å². The van der Waals surface area contributed by atoms with Crippen LogP contribution in [0, 0.1) is 13.8 Å². The summed E-state index contributed by atoms with van der Waals surface area (Å²) in [6.45, 7) is 9.92. The van der Waals surface area contributed by atoms with Crippen molar-refractivity contribution < 1.29 is 23.9 Å². The first-order valence-electron chi connectivity index (χ1n) is 14.2. The molecule has 5 rings (SSSR count). The van der Waals surface area contributed by atoms with Gasteiger partial charge in [-0.1, -0.05) is 18.2 Å². The van der Waals surface area contributed by atoms with Crippen LogP contribution in [0.4, 0.5) is 11.4 Å². The van der Waals surface area contributed by atoms with Gasteiger partial charge in [0.05, 0.1) is 6.21 Å². The van der Waals surface area contributed by atoms with Crippen LogP contribution in [0.2, 0.25) is 6.04 Å². The molecule has 10 nitrogen and oxygen atoms in total. The molecule has 2 heterocycles. The van der Waals surface area contributed by atoms with Crippen LogP contribution in [0.1, 0.15) is 58.4 Å². The summed E-state index contributed by atoms with van der Waals surface area (Å²) in [6, 6.07) is 15.6. The second kappa shape index (κ2) is 11.7. The Hall–Kier alpha value is -4.03. The molecule has 0 aromatic heterocycles. The fourth-order valence-corrected chi connectivity index (χ4v) is 6.56. The lowest BCUT2D eigenvalue weighted by Gasteiger charge is -2.43. The molecule has 11 heteroatoms. The molecule has 3 aromatic carbocycles. The molecular weight excluding hydrogens is 550 g/mol. The normalized spacial score (nSPS) is 17.5. The third-order valence-corrected chi connectivity index (χ3v) is 8.58. The average molecular weight is 588 g/mol. The van der Waals surface area contributed by atoms with E-state index in [4.69, 9.17) is 9.84 Å². The topological polar surface area (TPSA) is 139 Å². The Labute approximate surface area is 246 Å². The molecule has 1 amide bonds. The molecule has 0 bridgehead atoms. The van der Waals surface area contributed by atoms with Crippen molar-refractivity contribution in [2.45, 2.75) is 45.7 Å². The number of nitrogens with zero attached hydrogens (tertiary/aromatic N) is 3. The SMILES string of the molecule is CCNc1cc(C)c2c(c1)Oc1cc(NCC)c(C)cc1C21c2ccccc2C(=O)N1/N=C/C=NCCC[Si](O)(O)O. The van der Waals surface area contributed by atoms with Gasteiger partial charge in [-0.3, -0.25) is 9.79 Å². The van der Waals surface area contributed by atoms with Gasteiger partial charge in [-0.05, 0) is 63.4 Å². The zero-order chi connectivity index (χ0) is 30.1. The van der Waals surface area contributed by atoms with E-state index in [0.717, 1.165) is 52.3 Å². The van der Waals surface area contributed by atoms with E-state index in [0.29, 0.717) is 23.5 Å². The summed E-state index contributed by atoms with van der Waals surface area (Å²) in [5.41, 5.74) is 5.78. The van der Waals surface area contributed by atoms with Crippen molar-refractivity contribution in [1.82, 2.24) is 5.01 Å². The summed E-state index contributed by atoms with van der Waals surface area (Å²) < 4.78 is 6.62. The molecule has 3 aromatic rings. The van der Waals surface area contributed by atoms with E-state index < -0.39 is 14.3 Å². The van der Waals surface area contributed by atoms with E-state index in [1.807, 2.05) is 64.1 Å². The number of aryl methyl sites for hydroxylation is 2. The zero-order valence-corrected chi connectivity index (χ0v) is 25.3. The number of aliphatic imine (C=N–C) groups is 1. The third-order valence-electron chi connectivity index (χ3n) is 7.56. The van der Waals surface area contributed by atoms with Crippen LogP contribution in [0.15, 0.2) is 58.6 Å². The summed E-state index contributed by atoms with van der Waals surface area (Å²) in [6.07, 6.45) is 3.28. The highest BCUT2D eigenvalue weighted by molar-refractivity contribution is 6.56. The maximum atomic E-state index is 14.1. The number of rotatable bonds is 10. The smallest absolute Gasteiger partial charge is 0.456 e. The largest absolute Gasteiger partial charge is 0.492 e. The van der Waals surface area contributed by atoms with E-state index in [9.17, 15) is 19.2 Å². The first kappa shape index (κ1) is 29.5. The number of ether oxygens (including phenoxy) is 1. The van der Waals surface area contributed by atoms with Crippen LogP contribution >= 0.6 is 0 Å². The predicted octanol–water partition coefficient (Wildman–Crippen LogP) is 4.38. The van der Waals surface area contributed by atoms with Gasteiger partial charge in [0.1, 0.15) is 17.0 Å². The summed E-state index contributed by atoms with van der Waals surface area (Å²) in [4.78, 5) is 46.1. The molecule has 0 aliphatic carbocycles. The lowest BCUT2D eigenvalue weighted by Crippen LogP contribution is -2.45. The minimum Gasteiger partial charge on any atom is -0.456 e. The molecule has 2 aliphatic rings. The van der Waals surface area contributed by atoms with E-state index in [1.54, 1.807) is 0 Å². The van der Waals surface area contributed by atoms with Crippen LogP contribution in [0.25, 0.3) is 0 Å². The van der Waals surface area contributed by atoms with Crippen LogP contribution in [-0.2, 0) is 5.54 Å². The highest BCUT2D eigenvalue weighted by Gasteiger charge is 2.57. The first-order valence-corrected chi connectivity index (χ1v) is 16.3. The monoisotopic (exact) mass is 587 g/mol. The standard InChI is InChI=1S/C31H37N5O5Si/c1-5-33-22-16-21(4)29-28(18-22)41-27-19-26(34-6-2)20(3)17-25(27)31(29)24-11-8-7-10-23(24)30(37)36(31)35-14-13-32-12-9-15-42(38,39)40/h7-8,10-11,13-14,16-19,33-34,38-40H,5-6,9,12,15H2,1-4H3/b32-13?,35-14+. The Morgan fingerprint density at radius 3 is 2.45 bits per heavy atom. The van der Waals surface area contributed by atoms with Crippen LogP contribution in [0.5, 0.6) is 11.5 Å². The van der Waals surface area contributed by atoms with Gasteiger partial charge in [0, 0.05) is 77.7 Å². The lowest BCUT2D eigenvalue weighted by molar-refractivity contribution is 0.0675. The fourth-order valence-electron chi connectivity index (χ4n) is 5.92. The number of carbonyl (C=O) groups is 1. The maximum Gasteiger partial charge on any atom is 0.492 e. The second-order valence-electron chi connectivity index (χ2n) is 10.6. The Bertz CT molecular complexity index is 1570. The van der Waals surface area contributed by atoms with Gasteiger partial charge in [0.25, 0.3) is 5.91 Å². The minimum atomic E-state index is -4.10. The van der Waals surface area contributed by atoms with Gasteiger partial charge in [0.15, 0.2) is 0 Å². The Morgan fingerprint density at radius 2 is 1.71 bits per heavy atom. The van der Waals surface area contributed by atoms with Gasteiger partial charge < -0.3 is 29.8 Å². The van der Waals surface area contributed by atoms with Crippen molar-refractivity contribution in [3.05, 3.63) is 81.9 Å². The summed E-state index contributed by atoms with van der Waals surface area (Å²) >= 11 is 0. The van der Waals surface area contributed by atoms with Crippen LogP contribution < -0.4 is 15.4 Å². The summed E-state index contributed by atoms with van der Waals surface area (Å²) in [7, 11) is -4.10. The zero-order valence-electron chi connectivity index (χ0n) is 24.3. The third kappa shape index (κ3) is 5.20. The van der Waals surface area contributed by atoms with E-state index in [-0.39, 0.29) is 18.5 Å². The van der Waals surface area contributed by atoms with Crippen molar-refractivity contribution in [2.75, 3.05) is 30.3 Å². The Kier molecular flexibility index (Phi) is 8.20. The highest BCUT2D eigenvalue weighted by atomic mass is 28.4. The molecular formula is C31H37N5O5Si. The van der Waals surface area contributed by atoms with E-state index in [1.165, 1.54) is 17.4 Å². The van der Waals surface area contributed by atoms with E-state index in [2.05, 4.69) is 27.8 Å². The van der Waals surface area contributed by atoms with Crippen LogP contribution in [0.3, 0.4) is 0 Å². The quantitative estimate of drug-likeness (QED) is 0.135. The molecule has 0 saturated heterocycles. The molecule has 5 N–H and O–H groups in total. The van der Waals surface area contributed by atoms with Crippen molar-refractivity contribution in [1.29, 1.82) is 0 Å². The maximum absolute atomic E-state index is 14.1. The van der Waals surface area contributed by atoms with Crippen molar-refractivity contribution >= 4 is 38.5 Å². The molecule has 220 valence electrons. The number of anilines is 2. The molecule has 0 fully saturated rings. The number of hydrogen-bond acceptors (Lipinski definition) is 9. The molecule has 1 atom stereocenters. The molecule has 42 heavy (non-hydrogen) atoms. The van der Waals surface area contributed by atoms with Crippen molar-refractivity contribution in [2.24, 2.45) is 10.1 Å². The van der Waals surface area contributed by atoms with Crippen molar-refractivity contribution in [3.8, 4) is 11.5 Å². The van der Waals surface area contributed by atoms with E-state index >= 15 is 0 Å². The van der Waals surface area contributed by atoms with Gasteiger partial charge in [0.2, 0.25) is 0 Å². The van der Waals surface area contributed by atoms with Gasteiger partial charge in [-0.2, -0.15) is 5.10 Å². The number of benzene rings is 3. The fraction of sp³-hybridized carbons (Fsp3) is 0.323. The van der Waals surface area contributed by atoms with Crippen molar-refractivity contribution in [3.63, 3.8) is 0 Å². The molecule has 1 unspecified atom stereocenters. The number of nitrogens with one attached hydrogen (secondary N) is 2. The first-order chi connectivity index (χ1) is 20.1. The minimum absolute atomic E-state index is 0.0968. The van der Waals surface area contributed by atoms with Gasteiger partial charge >= 0.3 is 8.80 Å². The number of carbonyl (C=O) groups excluding carboxylic acids is 1. The average Bonchev–Trinajstić information content (AvgIpc) is 3.17. The second-order valence-corrected chi connectivity index (χ2v) is 12.6. The number of amides is 1.